The van der Waals surface area contributed by atoms with Gasteiger partial charge in [-0.3, -0.25) is 0 Å². The van der Waals surface area contributed by atoms with Crippen LogP contribution in [0.15, 0.2) is 18.2 Å². The van der Waals surface area contributed by atoms with Crippen molar-refractivity contribution in [3.8, 4) is 5.75 Å². The molecule has 112 valence electrons. The third-order valence-corrected chi connectivity index (χ3v) is 4.27. The Morgan fingerprint density at radius 3 is 2.90 bits per heavy atom. The lowest BCUT2D eigenvalue weighted by Crippen LogP contribution is -2.38. The number of nitrogens with zero attached hydrogens (tertiary/aromatic N) is 1. The zero-order valence-corrected chi connectivity index (χ0v) is 12.5. The number of methoxy groups -OCH3 is 1. The average Bonchev–Trinajstić information content (AvgIpc) is 2.46. The van der Waals surface area contributed by atoms with Crippen molar-refractivity contribution in [2.75, 3.05) is 25.9 Å². The summed E-state index contributed by atoms with van der Waals surface area (Å²) in [7, 11) is 1.60. The lowest BCUT2D eigenvalue weighted by molar-refractivity contribution is 0.109. The highest BCUT2D eigenvalue weighted by atomic mass is 16.5. The molecule has 0 aromatic heterocycles. The first-order valence-corrected chi connectivity index (χ1v) is 7.47. The largest absolute Gasteiger partial charge is 0.495 e. The number of nitrogens with two attached hydrogens (primary N) is 1. The number of piperidine rings is 1. The van der Waals surface area contributed by atoms with Crippen molar-refractivity contribution >= 4 is 5.69 Å². The van der Waals surface area contributed by atoms with Gasteiger partial charge in [0.1, 0.15) is 5.75 Å². The molecular weight excluding hydrogens is 252 g/mol. The van der Waals surface area contributed by atoms with Crippen molar-refractivity contribution in [3.05, 3.63) is 23.8 Å². The predicted octanol–water partition coefficient (Wildman–Crippen LogP) is 2.58. The number of benzene rings is 1. The highest BCUT2D eigenvalue weighted by Gasteiger charge is 2.19. The Morgan fingerprint density at radius 2 is 2.25 bits per heavy atom. The Kier molecular flexibility index (Phi) is 5.26. The van der Waals surface area contributed by atoms with Gasteiger partial charge in [0.15, 0.2) is 0 Å². The molecule has 2 unspecified atom stereocenters. The second-order valence-electron chi connectivity index (χ2n) is 5.69. The maximum Gasteiger partial charge on any atom is 0.141 e. The quantitative estimate of drug-likeness (QED) is 0.813. The summed E-state index contributed by atoms with van der Waals surface area (Å²) >= 11 is 0. The van der Waals surface area contributed by atoms with Gasteiger partial charge in [0.25, 0.3) is 0 Å². The van der Waals surface area contributed by atoms with E-state index in [9.17, 15) is 5.11 Å². The van der Waals surface area contributed by atoms with Crippen LogP contribution in [0.4, 0.5) is 5.69 Å². The number of aliphatic hydroxyl groups is 1. The van der Waals surface area contributed by atoms with E-state index in [1.54, 1.807) is 7.11 Å². The lowest BCUT2D eigenvalue weighted by Gasteiger charge is -2.33. The monoisotopic (exact) mass is 278 g/mol. The Balaban J connectivity index is 1.91. The zero-order chi connectivity index (χ0) is 14.5. The van der Waals surface area contributed by atoms with Gasteiger partial charge in [-0.1, -0.05) is 12.5 Å². The molecule has 0 bridgehead atoms. The molecule has 1 saturated heterocycles. The van der Waals surface area contributed by atoms with Crippen molar-refractivity contribution in [2.45, 2.75) is 44.8 Å². The molecule has 1 fully saturated rings. The fraction of sp³-hybridized carbons (Fsp3) is 0.625. The Bertz CT molecular complexity index is 436. The molecule has 0 spiro atoms. The molecule has 4 heteroatoms. The van der Waals surface area contributed by atoms with Crippen molar-refractivity contribution in [1.82, 2.24) is 4.90 Å². The fourth-order valence-corrected chi connectivity index (χ4v) is 2.90. The second kappa shape index (κ2) is 6.95. The van der Waals surface area contributed by atoms with Gasteiger partial charge in [0, 0.05) is 12.6 Å². The van der Waals surface area contributed by atoms with Crippen LogP contribution in [-0.4, -0.2) is 36.2 Å². The van der Waals surface area contributed by atoms with Gasteiger partial charge >= 0.3 is 0 Å². The molecule has 0 radical (unpaired) electrons. The van der Waals surface area contributed by atoms with Crippen LogP contribution in [0.2, 0.25) is 0 Å². The maximum atomic E-state index is 10.3. The molecule has 1 aromatic carbocycles. The van der Waals surface area contributed by atoms with Gasteiger partial charge < -0.3 is 20.5 Å². The zero-order valence-electron chi connectivity index (χ0n) is 12.5. The van der Waals surface area contributed by atoms with Crippen LogP contribution >= 0.6 is 0 Å². The summed E-state index contributed by atoms with van der Waals surface area (Å²) in [6, 6.07) is 6.15. The van der Waals surface area contributed by atoms with Crippen LogP contribution in [0.3, 0.4) is 0 Å². The third-order valence-electron chi connectivity index (χ3n) is 4.27. The SMILES string of the molecule is COc1ccc(C(O)CCN2CCCCC2C)cc1N. The van der Waals surface area contributed by atoms with Gasteiger partial charge in [-0.25, -0.2) is 0 Å². The van der Waals surface area contributed by atoms with E-state index >= 15 is 0 Å². The number of aliphatic hydroxyl groups excluding tert-OH is 1. The Morgan fingerprint density at radius 1 is 1.45 bits per heavy atom. The first-order chi connectivity index (χ1) is 9.61. The summed E-state index contributed by atoms with van der Waals surface area (Å²) in [5, 5.41) is 10.3. The van der Waals surface area contributed by atoms with Crippen LogP contribution in [0.5, 0.6) is 5.75 Å². The lowest BCUT2D eigenvalue weighted by atomic mass is 10.0. The fourth-order valence-electron chi connectivity index (χ4n) is 2.90. The highest BCUT2D eigenvalue weighted by Crippen LogP contribution is 2.27. The molecule has 0 saturated carbocycles. The maximum absolute atomic E-state index is 10.3. The minimum Gasteiger partial charge on any atom is -0.495 e. The van der Waals surface area contributed by atoms with Crippen molar-refractivity contribution in [2.24, 2.45) is 0 Å². The topological polar surface area (TPSA) is 58.7 Å². The summed E-state index contributed by atoms with van der Waals surface area (Å²) in [6.07, 6.45) is 4.16. The summed E-state index contributed by atoms with van der Waals surface area (Å²) < 4.78 is 5.13. The van der Waals surface area contributed by atoms with Crippen LogP contribution < -0.4 is 10.5 Å². The third kappa shape index (κ3) is 3.64. The Hall–Kier alpha value is -1.26. The van der Waals surface area contributed by atoms with Gasteiger partial charge in [-0.2, -0.15) is 0 Å². The van der Waals surface area contributed by atoms with Gasteiger partial charge in [-0.15, -0.1) is 0 Å². The first kappa shape index (κ1) is 15.1. The molecule has 1 aromatic rings. The standard InChI is InChI=1S/C16H26N2O2/c1-12-5-3-4-9-18(12)10-8-15(19)13-6-7-16(20-2)14(17)11-13/h6-7,11-12,15,19H,3-5,8-10,17H2,1-2H3. The van der Waals surface area contributed by atoms with E-state index in [1.807, 2.05) is 18.2 Å². The van der Waals surface area contributed by atoms with E-state index in [4.69, 9.17) is 10.5 Å². The van der Waals surface area contributed by atoms with Crippen LogP contribution in [-0.2, 0) is 0 Å². The number of rotatable bonds is 5. The van der Waals surface area contributed by atoms with E-state index in [-0.39, 0.29) is 0 Å². The highest BCUT2D eigenvalue weighted by molar-refractivity contribution is 5.54. The van der Waals surface area contributed by atoms with Crippen molar-refractivity contribution < 1.29 is 9.84 Å². The first-order valence-electron chi connectivity index (χ1n) is 7.47. The molecule has 0 aliphatic carbocycles. The summed E-state index contributed by atoms with van der Waals surface area (Å²) in [5.74, 6) is 0.658. The van der Waals surface area contributed by atoms with E-state index in [0.717, 1.165) is 25.1 Å². The molecule has 1 aliphatic heterocycles. The van der Waals surface area contributed by atoms with Crippen molar-refractivity contribution in [3.63, 3.8) is 0 Å². The molecule has 1 aliphatic rings. The molecular formula is C16H26N2O2. The van der Waals surface area contributed by atoms with E-state index in [0.29, 0.717) is 17.5 Å². The minimum atomic E-state index is -0.461. The second-order valence-corrected chi connectivity index (χ2v) is 5.69. The normalized spacial score (nSPS) is 21.6. The molecule has 4 nitrogen and oxygen atoms in total. The van der Waals surface area contributed by atoms with E-state index < -0.39 is 6.10 Å². The number of anilines is 1. The number of hydrogen-bond donors (Lipinski definition) is 2. The molecule has 2 rings (SSSR count). The molecule has 2 atom stereocenters. The van der Waals surface area contributed by atoms with Gasteiger partial charge in [0.2, 0.25) is 0 Å². The molecule has 3 N–H and O–H groups in total. The minimum absolute atomic E-state index is 0.461. The number of hydrogen-bond acceptors (Lipinski definition) is 4. The number of ether oxygens (including phenoxy) is 1. The average molecular weight is 278 g/mol. The number of nitrogen functional groups attached to an aromatic ring is 1. The molecule has 0 amide bonds. The number of likely N-dealkylation sites (tertiary alicyclic amines) is 1. The summed E-state index contributed by atoms with van der Waals surface area (Å²) in [4.78, 5) is 2.47. The smallest absolute Gasteiger partial charge is 0.141 e. The Labute approximate surface area is 121 Å². The van der Waals surface area contributed by atoms with Crippen LogP contribution in [0, 0.1) is 0 Å². The van der Waals surface area contributed by atoms with E-state index in [2.05, 4.69) is 11.8 Å². The van der Waals surface area contributed by atoms with Gasteiger partial charge in [-0.05, 0) is 50.4 Å². The predicted molar refractivity (Wildman–Crippen MR) is 81.9 cm³/mol. The molecule has 20 heavy (non-hydrogen) atoms. The summed E-state index contributed by atoms with van der Waals surface area (Å²) in [5.41, 5.74) is 7.33. The van der Waals surface area contributed by atoms with Crippen LogP contribution in [0.1, 0.15) is 44.3 Å². The van der Waals surface area contributed by atoms with Crippen molar-refractivity contribution in [1.29, 1.82) is 0 Å². The molecule has 1 heterocycles. The van der Waals surface area contributed by atoms with E-state index in [1.165, 1.54) is 19.3 Å². The van der Waals surface area contributed by atoms with Gasteiger partial charge in [0.05, 0.1) is 18.9 Å². The van der Waals surface area contributed by atoms with Crippen LogP contribution in [0.25, 0.3) is 0 Å². The summed E-state index contributed by atoms with van der Waals surface area (Å²) in [6.45, 7) is 4.36.